The molecule has 15 nitrogen and oxygen atoms in total. The van der Waals surface area contributed by atoms with Gasteiger partial charge in [0.2, 0.25) is 0 Å². The fraction of sp³-hybridized carbons (Fsp3) is 0.167. The summed E-state index contributed by atoms with van der Waals surface area (Å²) < 4.78 is 63.5. The molecule has 0 aliphatic heterocycles. The maximum Gasteiger partial charge on any atom is 0.315 e. The zero-order valence-electron chi connectivity index (χ0n) is 21.0. The average Bonchev–Trinajstić information content (AvgIpc) is 2.89. The molecule has 17 heteroatoms. The lowest BCUT2D eigenvalue weighted by atomic mass is 10.1. The van der Waals surface area contributed by atoms with Crippen molar-refractivity contribution in [3.05, 3.63) is 76.9 Å². The van der Waals surface area contributed by atoms with E-state index in [1.807, 2.05) is 0 Å². The highest BCUT2D eigenvalue weighted by Gasteiger charge is 2.19. The molecular weight excluding hydrogens is 584 g/mol. The van der Waals surface area contributed by atoms with Crippen LogP contribution in [0.1, 0.15) is 22.3 Å². The Balaban J connectivity index is 1.52. The number of phenols is 3. The van der Waals surface area contributed by atoms with Gasteiger partial charge in [0.05, 0.1) is 0 Å². The quantitative estimate of drug-likeness (QED) is 0.148. The van der Waals surface area contributed by atoms with Crippen LogP contribution in [0.25, 0.3) is 0 Å². The zero-order chi connectivity index (χ0) is 30.4. The maximum absolute atomic E-state index is 12.2. The first-order chi connectivity index (χ1) is 19.2. The van der Waals surface area contributed by atoms with E-state index in [2.05, 4.69) is 21.3 Å². The normalized spacial score (nSPS) is 11.5. The largest absolute Gasteiger partial charge is 0.507 e. The standard InChI is InChI=1S/C24H26N4O11S2/c29-20-14(10-25-23(32)27-12-16-6-2-8-18(21(16)30)40(34,35)36)4-1-5-15(20)11-26-24(33)28-13-17-7-3-9-19(22(17)31)41(37,38)39/h1-9,29-31H,10-13H2,(H2,25,27,32)(H2,26,28,33)(H,34,35,36)(H,37,38,39). The third kappa shape index (κ3) is 8.21. The first-order valence-electron chi connectivity index (χ1n) is 11.6. The smallest absolute Gasteiger partial charge is 0.315 e. The predicted octanol–water partition coefficient (Wildman–Crippen LogP) is 1.30. The number of aromatic hydroxyl groups is 3. The highest BCUT2D eigenvalue weighted by atomic mass is 32.2. The molecule has 0 fully saturated rings. The molecule has 220 valence electrons. The SMILES string of the molecule is O=C(NCc1cccc(CNC(=O)NCc2cccc(S(=O)(=O)O)c2O)c1O)NCc1cccc(S(=O)(=O)O)c1O. The summed E-state index contributed by atoms with van der Waals surface area (Å²) in [6.07, 6.45) is 0. The summed E-state index contributed by atoms with van der Waals surface area (Å²) in [6, 6.07) is 10.4. The van der Waals surface area contributed by atoms with Gasteiger partial charge in [0.25, 0.3) is 20.2 Å². The van der Waals surface area contributed by atoms with E-state index >= 15 is 0 Å². The number of amides is 4. The first-order valence-corrected chi connectivity index (χ1v) is 14.5. The fourth-order valence-electron chi connectivity index (χ4n) is 3.59. The van der Waals surface area contributed by atoms with E-state index in [1.165, 1.54) is 36.4 Å². The second kappa shape index (κ2) is 12.7. The van der Waals surface area contributed by atoms with Crippen molar-refractivity contribution in [3.63, 3.8) is 0 Å². The molecule has 41 heavy (non-hydrogen) atoms. The highest BCUT2D eigenvalue weighted by molar-refractivity contribution is 7.86. The van der Waals surface area contributed by atoms with Gasteiger partial charge in [-0.05, 0) is 12.1 Å². The number of carbonyl (C=O) groups is 2. The Labute approximate surface area is 234 Å². The molecule has 0 atom stereocenters. The molecule has 0 radical (unpaired) electrons. The lowest BCUT2D eigenvalue weighted by Crippen LogP contribution is -2.35. The Hall–Kier alpha value is -4.58. The Kier molecular flexibility index (Phi) is 9.61. The molecule has 0 aliphatic carbocycles. The molecule has 3 aromatic rings. The molecule has 3 rings (SSSR count). The van der Waals surface area contributed by atoms with E-state index in [4.69, 9.17) is 9.11 Å². The van der Waals surface area contributed by atoms with E-state index in [0.29, 0.717) is 11.1 Å². The van der Waals surface area contributed by atoms with Crippen molar-refractivity contribution in [2.24, 2.45) is 0 Å². The van der Waals surface area contributed by atoms with Gasteiger partial charge in [0.15, 0.2) is 0 Å². The summed E-state index contributed by atoms with van der Waals surface area (Å²) in [5.41, 5.74) is 0.655. The van der Waals surface area contributed by atoms with Crippen molar-refractivity contribution in [2.75, 3.05) is 0 Å². The van der Waals surface area contributed by atoms with E-state index < -0.39 is 53.6 Å². The van der Waals surface area contributed by atoms with Gasteiger partial charge in [0.1, 0.15) is 27.0 Å². The summed E-state index contributed by atoms with van der Waals surface area (Å²) in [6.45, 7) is -0.829. The summed E-state index contributed by atoms with van der Waals surface area (Å²) in [4.78, 5) is 23.0. The summed E-state index contributed by atoms with van der Waals surface area (Å²) in [5.74, 6) is -1.63. The molecular formula is C24H26N4O11S2. The Morgan fingerprint density at radius 1 is 0.512 bits per heavy atom. The average molecular weight is 611 g/mol. The van der Waals surface area contributed by atoms with Crippen LogP contribution >= 0.6 is 0 Å². The van der Waals surface area contributed by atoms with Gasteiger partial charge in [-0.1, -0.05) is 42.5 Å². The highest BCUT2D eigenvalue weighted by Crippen LogP contribution is 2.27. The van der Waals surface area contributed by atoms with Crippen molar-refractivity contribution in [1.29, 1.82) is 0 Å². The van der Waals surface area contributed by atoms with Crippen molar-refractivity contribution in [2.45, 2.75) is 36.0 Å². The van der Waals surface area contributed by atoms with Gasteiger partial charge in [-0.2, -0.15) is 16.8 Å². The van der Waals surface area contributed by atoms with Gasteiger partial charge >= 0.3 is 12.1 Å². The van der Waals surface area contributed by atoms with Crippen LogP contribution < -0.4 is 21.3 Å². The second-order valence-corrected chi connectivity index (χ2v) is 11.3. The fourth-order valence-corrected chi connectivity index (χ4v) is 4.85. The predicted molar refractivity (Wildman–Crippen MR) is 142 cm³/mol. The summed E-state index contributed by atoms with van der Waals surface area (Å²) in [7, 11) is -9.32. The summed E-state index contributed by atoms with van der Waals surface area (Å²) in [5, 5.41) is 40.4. The van der Waals surface area contributed by atoms with Crippen molar-refractivity contribution in [1.82, 2.24) is 21.3 Å². The van der Waals surface area contributed by atoms with Crippen molar-refractivity contribution >= 4 is 32.3 Å². The monoisotopic (exact) mass is 610 g/mol. The topological polar surface area (TPSA) is 252 Å². The van der Waals surface area contributed by atoms with E-state index in [0.717, 1.165) is 12.1 Å². The number of para-hydroxylation sites is 3. The lowest BCUT2D eigenvalue weighted by Gasteiger charge is -2.13. The number of urea groups is 2. The number of rotatable bonds is 10. The van der Waals surface area contributed by atoms with Crippen molar-refractivity contribution < 1.29 is 50.8 Å². The van der Waals surface area contributed by atoms with Gasteiger partial charge in [-0.15, -0.1) is 0 Å². The van der Waals surface area contributed by atoms with Crippen LogP contribution in [-0.2, 0) is 46.4 Å². The molecule has 4 amide bonds. The molecule has 0 heterocycles. The van der Waals surface area contributed by atoms with Gasteiger partial charge in [0, 0.05) is 48.4 Å². The van der Waals surface area contributed by atoms with Gasteiger partial charge in [-0.25, -0.2) is 9.59 Å². The van der Waals surface area contributed by atoms with Crippen LogP contribution in [0.2, 0.25) is 0 Å². The van der Waals surface area contributed by atoms with E-state index in [9.17, 15) is 41.7 Å². The Morgan fingerprint density at radius 2 is 0.780 bits per heavy atom. The van der Waals surface area contributed by atoms with Crippen LogP contribution in [0.4, 0.5) is 9.59 Å². The molecule has 0 aliphatic rings. The van der Waals surface area contributed by atoms with Crippen LogP contribution in [0, 0.1) is 0 Å². The molecule has 0 bridgehead atoms. The number of nitrogens with one attached hydrogen (secondary N) is 4. The van der Waals surface area contributed by atoms with Crippen LogP contribution in [0.3, 0.4) is 0 Å². The number of carbonyl (C=O) groups excluding carboxylic acids is 2. The van der Waals surface area contributed by atoms with E-state index in [1.54, 1.807) is 6.07 Å². The number of benzene rings is 3. The number of phenolic OH excluding ortho intramolecular Hbond substituents is 3. The molecule has 9 N–H and O–H groups in total. The van der Waals surface area contributed by atoms with Crippen LogP contribution in [0.5, 0.6) is 17.2 Å². The number of hydrogen-bond acceptors (Lipinski definition) is 9. The lowest BCUT2D eigenvalue weighted by molar-refractivity contribution is 0.239. The minimum Gasteiger partial charge on any atom is -0.507 e. The minimum absolute atomic E-state index is 0.0332. The molecule has 0 unspecified atom stereocenters. The van der Waals surface area contributed by atoms with Crippen molar-refractivity contribution in [3.8, 4) is 17.2 Å². The molecule has 0 aromatic heterocycles. The summed E-state index contributed by atoms with van der Waals surface area (Å²) >= 11 is 0. The van der Waals surface area contributed by atoms with Crippen LogP contribution in [0.15, 0.2) is 64.4 Å². The minimum atomic E-state index is -4.66. The third-order valence-electron chi connectivity index (χ3n) is 5.68. The molecule has 0 saturated heterocycles. The second-order valence-electron chi connectivity index (χ2n) is 8.48. The molecule has 0 spiro atoms. The van der Waals surface area contributed by atoms with Crippen LogP contribution in [-0.4, -0.2) is 53.3 Å². The zero-order valence-corrected chi connectivity index (χ0v) is 22.7. The van der Waals surface area contributed by atoms with Gasteiger partial charge < -0.3 is 36.6 Å². The third-order valence-corrected chi connectivity index (χ3v) is 7.45. The maximum atomic E-state index is 12.2. The molecule has 0 saturated carbocycles. The number of hydrogen-bond donors (Lipinski definition) is 9. The van der Waals surface area contributed by atoms with Gasteiger partial charge in [-0.3, -0.25) is 9.11 Å². The molecule has 3 aromatic carbocycles. The van der Waals surface area contributed by atoms with E-state index in [-0.39, 0.29) is 43.1 Å². The first kappa shape index (κ1) is 31.0. The Bertz CT molecular complexity index is 1560. The Morgan fingerprint density at radius 3 is 1.07 bits per heavy atom.